The molecule has 4 aromatic rings. The lowest BCUT2D eigenvalue weighted by molar-refractivity contribution is 0.804. The van der Waals surface area contributed by atoms with E-state index in [1.54, 1.807) is 4.68 Å². The Morgan fingerprint density at radius 2 is 1.42 bits per heavy atom. The fourth-order valence-corrected chi connectivity index (χ4v) is 2.87. The number of aromatic nitrogens is 3. The molecule has 0 unspecified atom stereocenters. The van der Waals surface area contributed by atoms with E-state index in [0.717, 1.165) is 33.1 Å². The minimum absolute atomic E-state index is 0.748. The molecular formula is C20H14ClN3. The van der Waals surface area contributed by atoms with Gasteiger partial charge in [0.05, 0.1) is 11.9 Å². The van der Waals surface area contributed by atoms with E-state index < -0.39 is 0 Å². The molecular weight excluding hydrogens is 318 g/mol. The van der Waals surface area contributed by atoms with Crippen molar-refractivity contribution in [2.75, 3.05) is 0 Å². The predicted molar refractivity (Wildman–Crippen MR) is 97.2 cm³/mol. The molecule has 4 heteroatoms. The minimum atomic E-state index is 0.748. The molecule has 0 bridgehead atoms. The number of hydrogen-bond acceptors (Lipinski definition) is 2. The molecule has 0 radical (unpaired) electrons. The van der Waals surface area contributed by atoms with Crippen molar-refractivity contribution in [1.29, 1.82) is 0 Å². The maximum Gasteiger partial charge on any atom is 0.113 e. The van der Waals surface area contributed by atoms with Crippen LogP contribution >= 0.6 is 11.6 Å². The Kier molecular flexibility index (Phi) is 3.85. The average molecular weight is 332 g/mol. The third-order valence-corrected chi connectivity index (χ3v) is 4.21. The highest BCUT2D eigenvalue weighted by atomic mass is 35.5. The molecule has 0 spiro atoms. The van der Waals surface area contributed by atoms with Gasteiger partial charge in [0.1, 0.15) is 5.69 Å². The quantitative estimate of drug-likeness (QED) is 0.513. The zero-order chi connectivity index (χ0) is 16.4. The molecule has 0 atom stereocenters. The molecule has 116 valence electrons. The molecule has 0 aliphatic carbocycles. The molecule has 3 aromatic carbocycles. The van der Waals surface area contributed by atoms with Gasteiger partial charge < -0.3 is 0 Å². The number of halogens is 1. The summed E-state index contributed by atoms with van der Waals surface area (Å²) in [5, 5.41) is 9.22. The van der Waals surface area contributed by atoms with Crippen LogP contribution in [0.4, 0.5) is 0 Å². The first kappa shape index (κ1) is 14.7. The fraction of sp³-hybridized carbons (Fsp3) is 0. The molecule has 0 N–H and O–H groups in total. The van der Waals surface area contributed by atoms with Crippen LogP contribution in [0.2, 0.25) is 5.02 Å². The van der Waals surface area contributed by atoms with Crippen LogP contribution in [-0.4, -0.2) is 15.0 Å². The van der Waals surface area contributed by atoms with Gasteiger partial charge in [-0.2, -0.15) is 0 Å². The third kappa shape index (κ3) is 2.82. The molecule has 0 saturated carbocycles. The molecule has 0 amide bonds. The first-order chi connectivity index (χ1) is 11.8. The van der Waals surface area contributed by atoms with Crippen LogP contribution in [0.5, 0.6) is 0 Å². The Balaban J connectivity index is 1.64. The van der Waals surface area contributed by atoms with Crippen molar-refractivity contribution >= 4 is 11.6 Å². The third-order valence-electron chi connectivity index (χ3n) is 3.88. The van der Waals surface area contributed by atoms with E-state index in [9.17, 15) is 0 Å². The molecule has 0 fully saturated rings. The van der Waals surface area contributed by atoms with Crippen molar-refractivity contribution in [3.05, 3.63) is 90.1 Å². The van der Waals surface area contributed by atoms with E-state index in [2.05, 4.69) is 10.3 Å². The summed E-state index contributed by atoms with van der Waals surface area (Å²) in [6.07, 6.45) is 1.93. The number of hydrogen-bond donors (Lipinski definition) is 0. The Morgan fingerprint density at radius 1 is 0.708 bits per heavy atom. The standard InChI is InChI=1S/C20H14ClN3/c21-19-9-5-4-8-18(19)15-10-12-17(13-11-15)24-14-20(22-23-24)16-6-2-1-3-7-16/h1-14H. The average Bonchev–Trinajstić information content (AvgIpc) is 3.13. The van der Waals surface area contributed by atoms with Gasteiger partial charge in [-0.15, -0.1) is 5.10 Å². The molecule has 0 aliphatic heterocycles. The molecule has 1 heterocycles. The first-order valence-electron chi connectivity index (χ1n) is 7.64. The van der Waals surface area contributed by atoms with Crippen LogP contribution in [-0.2, 0) is 0 Å². The van der Waals surface area contributed by atoms with Crippen LogP contribution in [0.1, 0.15) is 0 Å². The van der Waals surface area contributed by atoms with Crippen LogP contribution in [0.25, 0.3) is 28.1 Å². The van der Waals surface area contributed by atoms with Crippen LogP contribution in [0.3, 0.4) is 0 Å². The summed E-state index contributed by atoms with van der Waals surface area (Å²) in [7, 11) is 0. The van der Waals surface area contributed by atoms with Gasteiger partial charge in [-0.3, -0.25) is 0 Å². The Morgan fingerprint density at radius 3 is 2.17 bits per heavy atom. The largest absolute Gasteiger partial charge is 0.220 e. The van der Waals surface area contributed by atoms with Crippen molar-refractivity contribution in [3.63, 3.8) is 0 Å². The Hall–Kier alpha value is -2.91. The fourth-order valence-electron chi connectivity index (χ4n) is 2.62. The molecule has 4 rings (SSSR count). The van der Waals surface area contributed by atoms with E-state index in [-0.39, 0.29) is 0 Å². The SMILES string of the molecule is Clc1ccccc1-c1ccc(-n2cc(-c3ccccc3)nn2)cc1. The summed E-state index contributed by atoms with van der Waals surface area (Å²) in [4.78, 5) is 0. The van der Waals surface area contributed by atoms with Gasteiger partial charge in [-0.05, 0) is 23.8 Å². The Bertz CT molecular complexity index is 960. The maximum atomic E-state index is 6.26. The summed E-state index contributed by atoms with van der Waals surface area (Å²) in [5.41, 5.74) is 4.96. The Labute approximate surface area is 145 Å². The molecule has 0 saturated heterocycles. The second kappa shape index (κ2) is 6.30. The van der Waals surface area contributed by atoms with Gasteiger partial charge >= 0.3 is 0 Å². The number of benzene rings is 3. The van der Waals surface area contributed by atoms with Crippen LogP contribution < -0.4 is 0 Å². The summed E-state index contributed by atoms with van der Waals surface area (Å²) >= 11 is 6.26. The minimum Gasteiger partial charge on any atom is -0.220 e. The highest BCUT2D eigenvalue weighted by Gasteiger charge is 2.06. The highest BCUT2D eigenvalue weighted by molar-refractivity contribution is 6.33. The van der Waals surface area contributed by atoms with Crippen LogP contribution in [0, 0.1) is 0 Å². The van der Waals surface area contributed by atoms with E-state index in [1.807, 2.05) is 85.1 Å². The maximum absolute atomic E-state index is 6.26. The highest BCUT2D eigenvalue weighted by Crippen LogP contribution is 2.28. The smallest absolute Gasteiger partial charge is 0.113 e. The van der Waals surface area contributed by atoms with E-state index in [1.165, 1.54) is 0 Å². The molecule has 3 nitrogen and oxygen atoms in total. The molecule has 1 aromatic heterocycles. The van der Waals surface area contributed by atoms with E-state index in [4.69, 9.17) is 11.6 Å². The second-order valence-electron chi connectivity index (χ2n) is 5.44. The van der Waals surface area contributed by atoms with Crippen molar-refractivity contribution in [1.82, 2.24) is 15.0 Å². The predicted octanol–water partition coefficient (Wildman–Crippen LogP) is 5.25. The van der Waals surface area contributed by atoms with E-state index in [0.29, 0.717) is 0 Å². The monoisotopic (exact) mass is 331 g/mol. The van der Waals surface area contributed by atoms with E-state index >= 15 is 0 Å². The van der Waals surface area contributed by atoms with Gasteiger partial charge in [-0.25, -0.2) is 4.68 Å². The van der Waals surface area contributed by atoms with Crippen molar-refractivity contribution in [2.45, 2.75) is 0 Å². The van der Waals surface area contributed by atoms with Crippen molar-refractivity contribution in [3.8, 4) is 28.1 Å². The summed E-state index contributed by atoms with van der Waals surface area (Å²) < 4.78 is 1.78. The lowest BCUT2D eigenvalue weighted by Gasteiger charge is -2.06. The van der Waals surface area contributed by atoms with Crippen molar-refractivity contribution < 1.29 is 0 Å². The van der Waals surface area contributed by atoms with Gasteiger partial charge in [0.25, 0.3) is 0 Å². The van der Waals surface area contributed by atoms with Crippen molar-refractivity contribution in [2.24, 2.45) is 0 Å². The van der Waals surface area contributed by atoms with Gasteiger partial charge in [0, 0.05) is 16.1 Å². The van der Waals surface area contributed by atoms with Crippen LogP contribution in [0.15, 0.2) is 85.1 Å². The normalized spacial score (nSPS) is 10.7. The lowest BCUT2D eigenvalue weighted by atomic mass is 10.1. The molecule has 0 aliphatic rings. The van der Waals surface area contributed by atoms with Gasteiger partial charge in [0.15, 0.2) is 0 Å². The zero-order valence-electron chi connectivity index (χ0n) is 12.8. The second-order valence-corrected chi connectivity index (χ2v) is 5.85. The molecule has 24 heavy (non-hydrogen) atoms. The topological polar surface area (TPSA) is 30.7 Å². The number of nitrogens with zero attached hydrogens (tertiary/aromatic N) is 3. The first-order valence-corrected chi connectivity index (χ1v) is 8.02. The van der Waals surface area contributed by atoms with Gasteiger partial charge in [0.2, 0.25) is 0 Å². The zero-order valence-corrected chi connectivity index (χ0v) is 13.6. The van der Waals surface area contributed by atoms with Gasteiger partial charge in [-0.1, -0.05) is 77.5 Å². The number of rotatable bonds is 3. The summed E-state index contributed by atoms with van der Waals surface area (Å²) in [6, 6.07) is 26.0. The lowest BCUT2D eigenvalue weighted by Crippen LogP contribution is -1.94. The summed E-state index contributed by atoms with van der Waals surface area (Å²) in [5.74, 6) is 0. The summed E-state index contributed by atoms with van der Waals surface area (Å²) in [6.45, 7) is 0.